The van der Waals surface area contributed by atoms with E-state index in [-0.39, 0.29) is 12.6 Å². The Morgan fingerprint density at radius 1 is 1.29 bits per heavy atom. The number of hydrogen-bond acceptors (Lipinski definition) is 3. The monoisotopic (exact) mass is 333 g/mol. The number of hydrogen-bond donors (Lipinski definition) is 1. The fourth-order valence-corrected chi connectivity index (χ4v) is 2.55. The van der Waals surface area contributed by atoms with Gasteiger partial charge in [-0.1, -0.05) is 12.1 Å². The Kier molecular flexibility index (Phi) is 4.71. The van der Waals surface area contributed by atoms with Crippen LogP contribution in [-0.2, 0) is 4.74 Å². The third-order valence-corrected chi connectivity index (χ3v) is 3.79. The summed E-state index contributed by atoms with van der Waals surface area (Å²) in [6.07, 6.45) is -0.495. The molecule has 1 aromatic heterocycles. The normalized spacial score (nSPS) is 17.6. The molecule has 2 amide bonds. The molecule has 0 spiro atoms. The van der Waals surface area contributed by atoms with E-state index in [1.807, 2.05) is 13.0 Å². The molecular weight excluding hydrogens is 316 g/mol. The molecular formula is C17H17F2N3O2. The summed E-state index contributed by atoms with van der Waals surface area (Å²) < 4.78 is 32.0. The molecule has 1 aliphatic rings. The van der Waals surface area contributed by atoms with Crippen molar-refractivity contribution in [3.05, 3.63) is 59.3 Å². The lowest BCUT2D eigenvalue weighted by Crippen LogP contribution is -2.44. The first-order valence-electron chi connectivity index (χ1n) is 7.59. The van der Waals surface area contributed by atoms with Crippen LogP contribution in [0.5, 0.6) is 0 Å². The Labute approximate surface area is 138 Å². The first kappa shape index (κ1) is 16.3. The Hall–Kier alpha value is -2.54. The Bertz CT molecular complexity index is 754. The summed E-state index contributed by atoms with van der Waals surface area (Å²) in [5, 5.41) is 2.73. The van der Waals surface area contributed by atoms with E-state index < -0.39 is 17.7 Å². The third kappa shape index (κ3) is 3.68. The van der Waals surface area contributed by atoms with Crippen LogP contribution in [-0.4, -0.2) is 35.6 Å². The molecule has 0 bridgehead atoms. The molecule has 0 radical (unpaired) electrons. The largest absolute Gasteiger partial charge is 0.370 e. The molecule has 126 valence electrons. The van der Waals surface area contributed by atoms with Gasteiger partial charge in [-0.2, -0.15) is 0 Å². The highest BCUT2D eigenvalue weighted by Gasteiger charge is 2.26. The van der Waals surface area contributed by atoms with Crippen molar-refractivity contribution < 1.29 is 18.3 Å². The highest BCUT2D eigenvalue weighted by molar-refractivity contribution is 5.88. The molecule has 3 rings (SSSR count). The van der Waals surface area contributed by atoms with E-state index in [9.17, 15) is 13.6 Å². The fourth-order valence-electron chi connectivity index (χ4n) is 2.55. The number of nitrogens with one attached hydrogen (secondary N) is 1. The van der Waals surface area contributed by atoms with Crippen LogP contribution in [0.25, 0.3) is 0 Å². The molecule has 2 aromatic rings. The van der Waals surface area contributed by atoms with Crippen LogP contribution < -0.4 is 5.32 Å². The van der Waals surface area contributed by atoms with Crippen LogP contribution in [0, 0.1) is 18.6 Å². The van der Waals surface area contributed by atoms with Crippen LogP contribution in [0.4, 0.5) is 19.4 Å². The van der Waals surface area contributed by atoms with Gasteiger partial charge < -0.3 is 9.64 Å². The number of pyridine rings is 1. The van der Waals surface area contributed by atoms with Crippen LogP contribution in [0.15, 0.2) is 36.4 Å². The maximum atomic E-state index is 13.4. The van der Waals surface area contributed by atoms with Crippen molar-refractivity contribution in [2.75, 3.05) is 25.0 Å². The summed E-state index contributed by atoms with van der Waals surface area (Å²) in [7, 11) is 0. The lowest BCUT2D eigenvalue weighted by molar-refractivity contribution is -0.0137. The van der Waals surface area contributed by atoms with Gasteiger partial charge in [0.25, 0.3) is 0 Å². The first-order valence-corrected chi connectivity index (χ1v) is 7.59. The molecule has 2 heterocycles. The summed E-state index contributed by atoms with van der Waals surface area (Å²) in [6.45, 7) is 2.82. The maximum Gasteiger partial charge on any atom is 0.323 e. The predicted octanol–water partition coefficient (Wildman–Crippen LogP) is 3.27. The topological polar surface area (TPSA) is 54.5 Å². The fraction of sp³-hybridized carbons (Fsp3) is 0.294. The minimum atomic E-state index is -0.929. The van der Waals surface area contributed by atoms with E-state index in [2.05, 4.69) is 10.3 Å². The SMILES string of the molecule is Cc1cccc(NC(=O)N2CCOC(c3ccc(F)c(F)c3)C2)n1. The van der Waals surface area contributed by atoms with E-state index in [0.717, 1.165) is 17.8 Å². The number of aryl methyl sites for hydroxylation is 1. The number of rotatable bonds is 2. The third-order valence-electron chi connectivity index (χ3n) is 3.79. The van der Waals surface area contributed by atoms with Gasteiger partial charge in [-0.15, -0.1) is 0 Å². The van der Waals surface area contributed by atoms with Crippen molar-refractivity contribution in [3.8, 4) is 0 Å². The molecule has 1 N–H and O–H groups in total. The molecule has 1 saturated heterocycles. The van der Waals surface area contributed by atoms with E-state index in [1.165, 1.54) is 6.07 Å². The van der Waals surface area contributed by atoms with Crippen LogP contribution in [0.1, 0.15) is 17.4 Å². The number of carbonyl (C=O) groups is 1. The quantitative estimate of drug-likeness (QED) is 0.918. The summed E-state index contributed by atoms with van der Waals surface area (Å²) in [4.78, 5) is 18.2. The first-order chi connectivity index (χ1) is 11.5. The summed E-state index contributed by atoms with van der Waals surface area (Å²) >= 11 is 0. The number of carbonyl (C=O) groups excluding carboxylic acids is 1. The molecule has 1 fully saturated rings. The number of halogens is 2. The van der Waals surface area contributed by atoms with Gasteiger partial charge in [-0.05, 0) is 36.8 Å². The van der Waals surface area contributed by atoms with Gasteiger partial charge in [0, 0.05) is 12.2 Å². The molecule has 0 aliphatic carbocycles. The highest BCUT2D eigenvalue weighted by Crippen LogP contribution is 2.24. The van der Waals surface area contributed by atoms with Crippen LogP contribution in [0.2, 0.25) is 0 Å². The number of nitrogens with zero attached hydrogens (tertiary/aromatic N) is 2. The van der Waals surface area contributed by atoms with Crippen molar-refractivity contribution in [1.82, 2.24) is 9.88 Å². The Morgan fingerprint density at radius 2 is 2.12 bits per heavy atom. The van der Waals surface area contributed by atoms with Crippen LogP contribution >= 0.6 is 0 Å². The number of urea groups is 1. The Balaban J connectivity index is 1.68. The average Bonchev–Trinajstić information content (AvgIpc) is 2.57. The second kappa shape index (κ2) is 6.92. The predicted molar refractivity (Wildman–Crippen MR) is 84.6 cm³/mol. The molecule has 24 heavy (non-hydrogen) atoms. The zero-order valence-corrected chi connectivity index (χ0v) is 13.1. The van der Waals surface area contributed by atoms with Crippen molar-refractivity contribution in [2.45, 2.75) is 13.0 Å². The number of amides is 2. The number of morpholine rings is 1. The van der Waals surface area contributed by atoms with Crippen molar-refractivity contribution in [3.63, 3.8) is 0 Å². The van der Waals surface area contributed by atoms with E-state index in [4.69, 9.17) is 4.74 Å². The van der Waals surface area contributed by atoms with Gasteiger partial charge in [0.1, 0.15) is 11.9 Å². The number of aromatic nitrogens is 1. The van der Waals surface area contributed by atoms with Gasteiger partial charge in [-0.3, -0.25) is 5.32 Å². The van der Waals surface area contributed by atoms with Crippen molar-refractivity contribution in [2.24, 2.45) is 0 Å². The summed E-state index contributed by atoms with van der Waals surface area (Å²) in [5.74, 6) is -1.37. The van der Waals surface area contributed by atoms with Gasteiger partial charge in [0.05, 0.1) is 13.2 Å². The minimum Gasteiger partial charge on any atom is -0.370 e. The van der Waals surface area contributed by atoms with Crippen LogP contribution in [0.3, 0.4) is 0 Å². The zero-order chi connectivity index (χ0) is 17.1. The lowest BCUT2D eigenvalue weighted by Gasteiger charge is -2.33. The zero-order valence-electron chi connectivity index (χ0n) is 13.1. The van der Waals surface area contributed by atoms with Gasteiger partial charge >= 0.3 is 6.03 Å². The molecule has 1 aromatic carbocycles. The molecule has 1 atom stereocenters. The highest BCUT2D eigenvalue weighted by atomic mass is 19.2. The van der Waals surface area contributed by atoms with Crippen molar-refractivity contribution >= 4 is 11.8 Å². The lowest BCUT2D eigenvalue weighted by atomic mass is 10.1. The molecule has 7 heteroatoms. The summed E-state index contributed by atoms with van der Waals surface area (Å²) in [6, 6.07) is 8.67. The molecule has 0 saturated carbocycles. The van der Waals surface area contributed by atoms with E-state index >= 15 is 0 Å². The van der Waals surface area contributed by atoms with Gasteiger partial charge in [-0.25, -0.2) is 18.6 Å². The summed E-state index contributed by atoms with van der Waals surface area (Å²) in [5.41, 5.74) is 1.30. The molecule has 1 aliphatic heterocycles. The molecule has 1 unspecified atom stereocenters. The standard InChI is InChI=1S/C17H17F2N3O2/c1-11-3-2-4-16(20-11)21-17(23)22-7-8-24-15(10-22)12-5-6-13(18)14(19)9-12/h2-6,9,15H,7-8,10H2,1H3,(H,20,21,23). The number of anilines is 1. The second-order valence-electron chi connectivity index (χ2n) is 5.57. The number of benzene rings is 1. The van der Waals surface area contributed by atoms with E-state index in [0.29, 0.717) is 24.5 Å². The maximum absolute atomic E-state index is 13.4. The van der Waals surface area contributed by atoms with E-state index in [1.54, 1.807) is 17.0 Å². The Morgan fingerprint density at radius 3 is 2.88 bits per heavy atom. The average molecular weight is 333 g/mol. The smallest absolute Gasteiger partial charge is 0.323 e. The minimum absolute atomic E-state index is 0.253. The number of ether oxygens (including phenoxy) is 1. The van der Waals surface area contributed by atoms with Gasteiger partial charge in [0.15, 0.2) is 11.6 Å². The van der Waals surface area contributed by atoms with Gasteiger partial charge in [0.2, 0.25) is 0 Å². The second-order valence-corrected chi connectivity index (χ2v) is 5.57. The van der Waals surface area contributed by atoms with Crippen molar-refractivity contribution in [1.29, 1.82) is 0 Å². The molecule has 5 nitrogen and oxygen atoms in total.